The molecule has 0 bridgehead atoms. The number of aliphatic hydroxyl groups is 1. The summed E-state index contributed by atoms with van der Waals surface area (Å²) in [7, 11) is 0. The van der Waals surface area contributed by atoms with Gasteiger partial charge in [-0.2, -0.15) is 0 Å². The number of aryl methyl sites for hydroxylation is 1. The molecule has 2 nitrogen and oxygen atoms in total. The Kier molecular flexibility index (Phi) is 1.51. The summed E-state index contributed by atoms with van der Waals surface area (Å²) in [5.74, 6) is 0. The third kappa shape index (κ3) is 1.60. The van der Waals surface area contributed by atoms with E-state index in [-0.39, 0.29) is 5.60 Å². The Labute approximate surface area is 69.9 Å². The van der Waals surface area contributed by atoms with Crippen LogP contribution in [0.1, 0.15) is 22.7 Å². The van der Waals surface area contributed by atoms with Gasteiger partial charge in [0.05, 0.1) is 10.6 Å². The normalized spacial score (nSPS) is 20.2. The summed E-state index contributed by atoms with van der Waals surface area (Å²) in [5.41, 5.74) is -0.362. The van der Waals surface area contributed by atoms with Crippen molar-refractivity contribution < 1.29 is 5.11 Å². The van der Waals surface area contributed by atoms with Gasteiger partial charge in [0.25, 0.3) is 0 Å². The van der Waals surface area contributed by atoms with Gasteiger partial charge in [-0.3, -0.25) is 0 Å². The number of rotatable bonds is 2. The molecule has 0 aromatic carbocycles. The fourth-order valence-electron chi connectivity index (χ4n) is 1.13. The molecule has 3 heteroatoms. The van der Waals surface area contributed by atoms with Gasteiger partial charge in [-0.25, -0.2) is 4.98 Å². The highest BCUT2D eigenvalue weighted by molar-refractivity contribution is 7.11. The van der Waals surface area contributed by atoms with Crippen LogP contribution in [-0.4, -0.2) is 15.7 Å². The van der Waals surface area contributed by atoms with Crippen LogP contribution in [0.2, 0.25) is 0 Å². The fourth-order valence-corrected chi connectivity index (χ4v) is 2.06. The van der Waals surface area contributed by atoms with Gasteiger partial charge in [-0.15, -0.1) is 11.3 Å². The number of hydrogen-bond acceptors (Lipinski definition) is 3. The van der Waals surface area contributed by atoms with Gasteiger partial charge in [0, 0.05) is 17.5 Å². The molecule has 0 spiro atoms. The Balaban J connectivity index is 2.06. The van der Waals surface area contributed by atoms with Crippen molar-refractivity contribution in [2.24, 2.45) is 0 Å². The standard InChI is InChI=1S/C8H11NOS/c1-6-9-5-7(11-6)4-8(10)2-3-8/h5,10H,2-4H2,1H3. The number of aromatic nitrogens is 1. The predicted octanol–water partition coefficient (Wildman–Crippen LogP) is 1.52. The van der Waals surface area contributed by atoms with Gasteiger partial charge in [0.2, 0.25) is 0 Å². The van der Waals surface area contributed by atoms with Crippen molar-refractivity contribution in [1.82, 2.24) is 4.98 Å². The summed E-state index contributed by atoms with van der Waals surface area (Å²) < 4.78 is 0. The summed E-state index contributed by atoms with van der Waals surface area (Å²) >= 11 is 1.68. The quantitative estimate of drug-likeness (QED) is 0.728. The maximum Gasteiger partial charge on any atom is 0.0896 e. The van der Waals surface area contributed by atoms with Crippen LogP contribution in [0, 0.1) is 6.92 Å². The van der Waals surface area contributed by atoms with Gasteiger partial charge in [-0.1, -0.05) is 0 Å². The zero-order chi connectivity index (χ0) is 7.90. The summed E-state index contributed by atoms with van der Waals surface area (Å²) in [6, 6.07) is 0. The first-order valence-corrected chi connectivity index (χ1v) is 4.63. The molecule has 1 heterocycles. The Bertz CT molecular complexity index is 265. The lowest BCUT2D eigenvalue weighted by molar-refractivity contribution is 0.152. The molecule has 1 N–H and O–H groups in total. The van der Waals surface area contributed by atoms with Crippen molar-refractivity contribution >= 4 is 11.3 Å². The van der Waals surface area contributed by atoms with Crippen molar-refractivity contribution in [3.8, 4) is 0 Å². The molecular weight excluding hydrogens is 158 g/mol. The van der Waals surface area contributed by atoms with Crippen LogP contribution in [0.5, 0.6) is 0 Å². The molecule has 0 unspecified atom stereocenters. The Morgan fingerprint density at radius 2 is 2.45 bits per heavy atom. The van der Waals surface area contributed by atoms with E-state index in [0.29, 0.717) is 0 Å². The van der Waals surface area contributed by atoms with Gasteiger partial charge in [0.15, 0.2) is 0 Å². The number of thiazole rings is 1. The van der Waals surface area contributed by atoms with Crippen LogP contribution in [0.4, 0.5) is 0 Å². The average Bonchev–Trinajstić information content (AvgIpc) is 2.49. The molecule has 1 saturated carbocycles. The molecule has 2 rings (SSSR count). The highest BCUT2D eigenvalue weighted by atomic mass is 32.1. The first-order valence-electron chi connectivity index (χ1n) is 3.82. The minimum absolute atomic E-state index is 0.362. The van der Waals surface area contributed by atoms with E-state index in [0.717, 1.165) is 24.3 Å². The van der Waals surface area contributed by atoms with E-state index in [2.05, 4.69) is 4.98 Å². The highest BCUT2D eigenvalue weighted by Crippen LogP contribution is 2.39. The second kappa shape index (κ2) is 2.29. The van der Waals surface area contributed by atoms with Crippen LogP contribution in [0.25, 0.3) is 0 Å². The molecule has 0 radical (unpaired) electrons. The SMILES string of the molecule is Cc1ncc(CC2(O)CC2)s1. The molecule has 60 valence electrons. The monoisotopic (exact) mass is 169 g/mol. The van der Waals surface area contributed by atoms with E-state index >= 15 is 0 Å². The van der Waals surface area contributed by atoms with Crippen LogP contribution in [0.15, 0.2) is 6.20 Å². The van der Waals surface area contributed by atoms with Gasteiger partial charge in [-0.05, 0) is 19.8 Å². The Morgan fingerprint density at radius 3 is 2.91 bits per heavy atom. The van der Waals surface area contributed by atoms with Crippen molar-refractivity contribution in [2.75, 3.05) is 0 Å². The van der Waals surface area contributed by atoms with E-state index in [4.69, 9.17) is 0 Å². The molecular formula is C8H11NOS. The van der Waals surface area contributed by atoms with Gasteiger partial charge >= 0.3 is 0 Å². The minimum atomic E-state index is -0.362. The van der Waals surface area contributed by atoms with E-state index in [9.17, 15) is 5.11 Å². The van der Waals surface area contributed by atoms with E-state index in [1.165, 1.54) is 4.88 Å². The van der Waals surface area contributed by atoms with Gasteiger partial charge in [0.1, 0.15) is 0 Å². The lowest BCUT2D eigenvalue weighted by atomic mass is 10.2. The van der Waals surface area contributed by atoms with Gasteiger partial charge < -0.3 is 5.11 Å². The average molecular weight is 169 g/mol. The number of hydrogen-bond donors (Lipinski definition) is 1. The van der Waals surface area contributed by atoms with Crippen molar-refractivity contribution in [3.63, 3.8) is 0 Å². The molecule has 0 amide bonds. The second-order valence-corrected chi connectivity index (χ2v) is 4.57. The van der Waals surface area contributed by atoms with Crippen molar-refractivity contribution in [3.05, 3.63) is 16.1 Å². The molecule has 1 aromatic rings. The fraction of sp³-hybridized carbons (Fsp3) is 0.625. The Morgan fingerprint density at radius 1 is 1.73 bits per heavy atom. The molecule has 1 aliphatic carbocycles. The molecule has 0 atom stereocenters. The largest absolute Gasteiger partial charge is 0.390 e. The molecule has 1 aliphatic rings. The third-order valence-electron chi connectivity index (χ3n) is 2.00. The van der Waals surface area contributed by atoms with E-state index in [1.54, 1.807) is 11.3 Å². The third-order valence-corrected chi connectivity index (χ3v) is 2.91. The van der Waals surface area contributed by atoms with Crippen molar-refractivity contribution in [2.45, 2.75) is 31.8 Å². The van der Waals surface area contributed by atoms with E-state index in [1.807, 2.05) is 13.1 Å². The smallest absolute Gasteiger partial charge is 0.0896 e. The van der Waals surface area contributed by atoms with E-state index < -0.39 is 0 Å². The van der Waals surface area contributed by atoms with Crippen LogP contribution in [0.3, 0.4) is 0 Å². The molecule has 0 aliphatic heterocycles. The van der Waals surface area contributed by atoms with Crippen LogP contribution >= 0.6 is 11.3 Å². The maximum atomic E-state index is 9.57. The summed E-state index contributed by atoms with van der Waals surface area (Å²) in [5, 5.41) is 10.7. The first kappa shape index (κ1) is 7.25. The number of nitrogens with zero attached hydrogens (tertiary/aromatic N) is 1. The van der Waals surface area contributed by atoms with Crippen LogP contribution < -0.4 is 0 Å². The summed E-state index contributed by atoms with van der Waals surface area (Å²) in [6.45, 7) is 1.99. The molecule has 11 heavy (non-hydrogen) atoms. The zero-order valence-electron chi connectivity index (χ0n) is 6.50. The maximum absolute atomic E-state index is 9.57. The topological polar surface area (TPSA) is 33.1 Å². The molecule has 1 aromatic heterocycles. The predicted molar refractivity (Wildman–Crippen MR) is 44.7 cm³/mol. The Hall–Kier alpha value is -0.410. The highest BCUT2D eigenvalue weighted by Gasteiger charge is 2.40. The summed E-state index contributed by atoms with van der Waals surface area (Å²) in [4.78, 5) is 5.35. The van der Waals surface area contributed by atoms with Crippen molar-refractivity contribution in [1.29, 1.82) is 0 Å². The molecule has 0 saturated heterocycles. The second-order valence-electron chi connectivity index (χ2n) is 3.25. The lowest BCUT2D eigenvalue weighted by Crippen LogP contribution is -2.09. The first-order chi connectivity index (χ1) is 5.18. The minimum Gasteiger partial charge on any atom is -0.390 e. The zero-order valence-corrected chi connectivity index (χ0v) is 7.32. The van der Waals surface area contributed by atoms with Crippen LogP contribution in [-0.2, 0) is 6.42 Å². The lowest BCUT2D eigenvalue weighted by Gasteiger charge is -2.02. The molecule has 1 fully saturated rings. The summed E-state index contributed by atoms with van der Waals surface area (Å²) in [6.07, 6.45) is 4.60.